The Labute approximate surface area is 106 Å². The molecule has 1 unspecified atom stereocenters. The summed E-state index contributed by atoms with van der Waals surface area (Å²) in [5, 5.41) is 12.0. The smallest absolute Gasteiger partial charge is 0.335 e. The maximum absolute atomic E-state index is 10.7. The molecule has 1 atom stereocenters. The van der Waals surface area contributed by atoms with Crippen LogP contribution in [0.1, 0.15) is 16.8 Å². The maximum Gasteiger partial charge on any atom is 0.335 e. The lowest BCUT2D eigenvalue weighted by Crippen LogP contribution is -2.39. The molecule has 2 N–H and O–H groups in total. The van der Waals surface area contributed by atoms with Crippen molar-refractivity contribution in [2.75, 3.05) is 32.2 Å². The predicted octanol–water partition coefficient (Wildman–Crippen LogP) is 1.60. The molecule has 98 valence electrons. The molecule has 0 radical (unpaired) electrons. The summed E-state index contributed by atoms with van der Waals surface area (Å²) < 4.78 is 10.8. The molecule has 0 aliphatic carbocycles. The average Bonchev–Trinajstić information content (AvgIpc) is 2.86. The van der Waals surface area contributed by atoms with Crippen LogP contribution in [0.2, 0.25) is 0 Å². The van der Waals surface area contributed by atoms with Crippen LogP contribution in [0.5, 0.6) is 0 Å². The molecule has 2 rings (SSSR count). The largest absolute Gasteiger partial charge is 0.478 e. The highest BCUT2D eigenvalue weighted by molar-refractivity contribution is 5.87. The van der Waals surface area contributed by atoms with Crippen molar-refractivity contribution >= 4 is 11.7 Å². The molecule has 1 saturated heterocycles. The Morgan fingerprint density at radius 1 is 1.50 bits per heavy atom. The number of rotatable bonds is 5. The van der Waals surface area contributed by atoms with E-state index in [1.807, 2.05) is 0 Å². The molecular weight excluding hydrogens is 234 g/mol. The Morgan fingerprint density at radius 3 is 2.72 bits per heavy atom. The number of nitrogens with one attached hydrogen (secondary N) is 1. The van der Waals surface area contributed by atoms with E-state index >= 15 is 0 Å². The van der Waals surface area contributed by atoms with Crippen molar-refractivity contribution in [1.29, 1.82) is 0 Å². The molecular formula is C13H17NO4. The van der Waals surface area contributed by atoms with E-state index in [0.29, 0.717) is 19.8 Å². The number of benzene rings is 1. The van der Waals surface area contributed by atoms with Gasteiger partial charge in [0.05, 0.1) is 12.2 Å². The van der Waals surface area contributed by atoms with Crippen molar-refractivity contribution in [1.82, 2.24) is 0 Å². The van der Waals surface area contributed by atoms with Crippen LogP contribution in [0.15, 0.2) is 24.3 Å². The van der Waals surface area contributed by atoms with Crippen LogP contribution in [0.3, 0.4) is 0 Å². The summed E-state index contributed by atoms with van der Waals surface area (Å²) in [6, 6.07) is 6.66. The van der Waals surface area contributed by atoms with Crippen LogP contribution in [0, 0.1) is 0 Å². The average molecular weight is 251 g/mol. The summed E-state index contributed by atoms with van der Waals surface area (Å²) in [6.07, 6.45) is 0.865. The summed E-state index contributed by atoms with van der Waals surface area (Å²) in [6.45, 7) is 1.95. The normalized spacial score (nSPS) is 22.9. The van der Waals surface area contributed by atoms with Crippen molar-refractivity contribution in [3.8, 4) is 0 Å². The Kier molecular flexibility index (Phi) is 3.84. The molecule has 1 fully saturated rings. The third-order valence-corrected chi connectivity index (χ3v) is 3.25. The number of carboxylic acids is 1. The van der Waals surface area contributed by atoms with Crippen LogP contribution in [-0.2, 0) is 9.47 Å². The Bertz CT molecular complexity index is 410. The third kappa shape index (κ3) is 2.80. The molecule has 0 aromatic heterocycles. The van der Waals surface area contributed by atoms with E-state index in [-0.39, 0.29) is 11.2 Å². The summed E-state index contributed by atoms with van der Waals surface area (Å²) in [4.78, 5) is 10.7. The second-order valence-corrected chi connectivity index (χ2v) is 4.43. The van der Waals surface area contributed by atoms with Crippen molar-refractivity contribution in [2.24, 2.45) is 0 Å². The number of aromatic carboxylic acids is 1. The van der Waals surface area contributed by atoms with Crippen molar-refractivity contribution in [3.63, 3.8) is 0 Å². The molecule has 0 saturated carbocycles. The van der Waals surface area contributed by atoms with Crippen molar-refractivity contribution < 1.29 is 19.4 Å². The SMILES string of the molecule is COC1(CNc2ccc(C(=O)O)cc2)CCOC1. The standard InChI is InChI=1S/C13H17NO4/c1-17-13(6-7-18-9-13)8-14-11-4-2-10(3-5-11)12(15)16/h2-5,14H,6-9H2,1H3,(H,15,16). The molecule has 5 nitrogen and oxygen atoms in total. The fourth-order valence-corrected chi connectivity index (χ4v) is 1.95. The molecule has 1 aliphatic rings. The van der Waals surface area contributed by atoms with E-state index in [0.717, 1.165) is 12.1 Å². The number of methoxy groups -OCH3 is 1. The lowest BCUT2D eigenvalue weighted by Gasteiger charge is -2.26. The molecule has 1 aromatic rings. The van der Waals surface area contributed by atoms with Gasteiger partial charge >= 0.3 is 5.97 Å². The summed E-state index contributed by atoms with van der Waals surface area (Å²) in [7, 11) is 1.68. The van der Waals surface area contributed by atoms with Crippen LogP contribution < -0.4 is 5.32 Å². The summed E-state index contributed by atoms with van der Waals surface area (Å²) in [5.74, 6) is -0.917. The van der Waals surface area contributed by atoms with Crippen molar-refractivity contribution in [3.05, 3.63) is 29.8 Å². The van der Waals surface area contributed by atoms with Gasteiger partial charge in [-0.2, -0.15) is 0 Å². The number of hydrogen-bond donors (Lipinski definition) is 2. The van der Waals surface area contributed by atoms with Gasteiger partial charge in [-0.15, -0.1) is 0 Å². The quantitative estimate of drug-likeness (QED) is 0.832. The fourth-order valence-electron chi connectivity index (χ4n) is 1.95. The highest BCUT2D eigenvalue weighted by Crippen LogP contribution is 2.23. The van der Waals surface area contributed by atoms with Crippen LogP contribution in [0.4, 0.5) is 5.69 Å². The first-order chi connectivity index (χ1) is 8.65. The van der Waals surface area contributed by atoms with Gasteiger partial charge in [-0.05, 0) is 24.3 Å². The van der Waals surface area contributed by atoms with Gasteiger partial charge in [0.2, 0.25) is 0 Å². The zero-order valence-corrected chi connectivity index (χ0v) is 10.3. The monoisotopic (exact) mass is 251 g/mol. The topological polar surface area (TPSA) is 67.8 Å². The third-order valence-electron chi connectivity index (χ3n) is 3.25. The zero-order chi connectivity index (χ0) is 13.0. The molecule has 1 heterocycles. The molecule has 18 heavy (non-hydrogen) atoms. The van der Waals surface area contributed by atoms with E-state index in [1.165, 1.54) is 0 Å². The molecule has 1 aliphatic heterocycles. The number of anilines is 1. The number of ether oxygens (including phenoxy) is 2. The minimum absolute atomic E-state index is 0.272. The molecule has 0 amide bonds. The van der Waals surface area contributed by atoms with Crippen molar-refractivity contribution in [2.45, 2.75) is 12.0 Å². The van der Waals surface area contributed by atoms with E-state index in [9.17, 15) is 4.79 Å². The van der Waals surface area contributed by atoms with Gasteiger partial charge in [0.25, 0.3) is 0 Å². The number of carboxylic acid groups (broad SMARTS) is 1. The van der Waals surface area contributed by atoms with Crippen LogP contribution >= 0.6 is 0 Å². The number of hydrogen-bond acceptors (Lipinski definition) is 4. The summed E-state index contributed by atoms with van der Waals surface area (Å²) >= 11 is 0. The van der Waals surface area contributed by atoms with E-state index in [4.69, 9.17) is 14.6 Å². The van der Waals surface area contributed by atoms with Crippen LogP contribution in [0.25, 0.3) is 0 Å². The number of carbonyl (C=O) groups is 1. The van der Waals surface area contributed by atoms with Gasteiger partial charge in [0.1, 0.15) is 5.60 Å². The highest BCUT2D eigenvalue weighted by Gasteiger charge is 2.34. The first-order valence-corrected chi connectivity index (χ1v) is 5.85. The van der Waals surface area contributed by atoms with Gasteiger partial charge in [-0.1, -0.05) is 0 Å². The Hall–Kier alpha value is -1.59. The predicted molar refractivity (Wildman–Crippen MR) is 67.1 cm³/mol. The van der Waals surface area contributed by atoms with Crippen LogP contribution in [-0.4, -0.2) is 43.5 Å². The first-order valence-electron chi connectivity index (χ1n) is 5.85. The van der Waals surface area contributed by atoms with E-state index in [1.54, 1.807) is 31.4 Å². The highest BCUT2D eigenvalue weighted by atomic mass is 16.5. The van der Waals surface area contributed by atoms with Gasteiger partial charge in [0, 0.05) is 32.4 Å². The lowest BCUT2D eigenvalue weighted by atomic mass is 10.0. The van der Waals surface area contributed by atoms with Gasteiger partial charge in [0.15, 0.2) is 0 Å². The summed E-state index contributed by atoms with van der Waals surface area (Å²) in [5.41, 5.74) is 0.889. The van der Waals surface area contributed by atoms with E-state index < -0.39 is 5.97 Å². The van der Waals surface area contributed by atoms with Gasteiger partial charge in [-0.25, -0.2) is 4.79 Å². The van der Waals surface area contributed by atoms with Gasteiger partial charge in [-0.3, -0.25) is 0 Å². The maximum atomic E-state index is 10.7. The Balaban J connectivity index is 1.95. The molecule has 0 spiro atoms. The minimum Gasteiger partial charge on any atom is -0.478 e. The second kappa shape index (κ2) is 5.37. The minimum atomic E-state index is -0.917. The Morgan fingerprint density at radius 2 is 2.22 bits per heavy atom. The second-order valence-electron chi connectivity index (χ2n) is 4.43. The lowest BCUT2D eigenvalue weighted by molar-refractivity contribution is -0.00620. The first kappa shape index (κ1) is 12.9. The zero-order valence-electron chi connectivity index (χ0n) is 10.3. The molecule has 0 bridgehead atoms. The molecule has 5 heteroatoms. The van der Waals surface area contributed by atoms with Gasteiger partial charge < -0.3 is 19.9 Å². The molecule has 1 aromatic carbocycles. The fraction of sp³-hybridized carbons (Fsp3) is 0.462. The van der Waals surface area contributed by atoms with E-state index in [2.05, 4.69) is 5.32 Å².